The highest BCUT2D eigenvalue weighted by Gasteiger charge is 1.98. The molecule has 0 spiro atoms. The van der Waals surface area contributed by atoms with E-state index in [-0.39, 0.29) is 0 Å². The number of aromatic nitrogens is 1. The molecule has 0 radical (unpaired) electrons. The number of nitrogens with two attached hydrogens (primary N) is 1. The third-order valence-corrected chi connectivity index (χ3v) is 4.88. The number of thioether (sulfide) groups is 1. The van der Waals surface area contributed by atoms with Crippen LogP contribution >= 0.6 is 23.1 Å². The molecule has 1 heterocycles. The molecule has 0 aliphatic carbocycles. The van der Waals surface area contributed by atoms with E-state index in [1.165, 1.54) is 5.56 Å². The maximum absolute atomic E-state index is 5.90. The number of nitrogens with zero attached hydrogens (tertiary/aromatic N) is 2. The molecule has 0 aliphatic heterocycles. The normalized spacial score (nSPS) is 11.6. The number of rotatable bonds is 7. The van der Waals surface area contributed by atoms with E-state index in [0.717, 1.165) is 35.2 Å². The van der Waals surface area contributed by atoms with Gasteiger partial charge in [-0.25, -0.2) is 4.98 Å². The van der Waals surface area contributed by atoms with Crippen molar-refractivity contribution in [3.63, 3.8) is 0 Å². The number of guanidine groups is 1. The summed E-state index contributed by atoms with van der Waals surface area (Å²) in [5, 5.41) is 5.12. The molecule has 0 saturated carbocycles. The molecular formula is C15H20N4S2. The fraction of sp³-hybridized carbons (Fsp3) is 0.333. The Bertz CT molecular complexity index is 567. The van der Waals surface area contributed by atoms with Gasteiger partial charge < -0.3 is 11.1 Å². The number of aryl methyl sites for hydroxylation is 1. The van der Waals surface area contributed by atoms with Crippen LogP contribution in [0.15, 0.2) is 45.2 Å². The van der Waals surface area contributed by atoms with Gasteiger partial charge in [-0.1, -0.05) is 30.8 Å². The molecule has 0 atom stereocenters. The van der Waals surface area contributed by atoms with Crippen LogP contribution in [-0.2, 0) is 6.42 Å². The third kappa shape index (κ3) is 5.77. The summed E-state index contributed by atoms with van der Waals surface area (Å²) in [4.78, 5) is 8.58. The molecule has 0 fully saturated rings. The molecule has 112 valence electrons. The van der Waals surface area contributed by atoms with Crippen molar-refractivity contribution in [3.8, 4) is 0 Å². The summed E-state index contributed by atoms with van der Waals surface area (Å²) in [6.07, 6.45) is 3.83. The van der Waals surface area contributed by atoms with Gasteiger partial charge in [-0.2, -0.15) is 0 Å². The predicted octanol–water partition coefficient (Wildman–Crippen LogP) is 3.61. The van der Waals surface area contributed by atoms with Gasteiger partial charge in [-0.05, 0) is 30.5 Å². The van der Waals surface area contributed by atoms with E-state index in [1.54, 1.807) is 23.1 Å². The molecule has 21 heavy (non-hydrogen) atoms. The fourth-order valence-electron chi connectivity index (χ4n) is 1.76. The van der Waals surface area contributed by atoms with E-state index in [9.17, 15) is 0 Å². The smallest absolute Gasteiger partial charge is 0.193 e. The topological polar surface area (TPSA) is 63.3 Å². The molecule has 0 amide bonds. The van der Waals surface area contributed by atoms with Gasteiger partial charge >= 0.3 is 0 Å². The summed E-state index contributed by atoms with van der Waals surface area (Å²) in [7, 11) is 0. The second kappa shape index (κ2) is 8.69. The Morgan fingerprint density at radius 1 is 1.48 bits per heavy atom. The Morgan fingerprint density at radius 2 is 2.38 bits per heavy atom. The van der Waals surface area contributed by atoms with E-state index in [4.69, 9.17) is 5.73 Å². The number of aliphatic imine (C=N–C) groups is 1. The fourth-order valence-corrected chi connectivity index (χ4v) is 3.39. The lowest BCUT2D eigenvalue weighted by molar-refractivity contribution is 0.939. The van der Waals surface area contributed by atoms with E-state index in [0.29, 0.717) is 5.96 Å². The lowest BCUT2D eigenvalue weighted by Crippen LogP contribution is -2.23. The number of nitrogens with one attached hydrogen (secondary N) is 1. The quantitative estimate of drug-likeness (QED) is 0.354. The Labute approximate surface area is 133 Å². The van der Waals surface area contributed by atoms with Crippen molar-refractivity contribution < 1.29 is 0 Å². The van der Waals surface area contributed by atoms with Crippen LogP contribution in [0.25, 0.3) is 0 Å². The first-order valence-corrected chi connectivity index (χ1v) is 8.82. The SMILES string of the molecule is CCc1cccc(NC(N)=NCCCSc2nccs2)c1. The highest BCUT2D eigenvalue weighted by atomic mass is 32.2. The summed E-state index contributed by atoms with van der Waals surface area (Å²) < 4.78 is 1.11. The zero-order valence-electron chi connectivity index (χ0n) is 12.1. The average molecular weight is 320 g/mol. The molecule has 4 nitrogen and oxygen atoms in total. The standard InChI is InChI=1S/C15H20N4S2/c1-2-12-5-3-6-13(11-12)19-14(16)17-7-4-9-20-15-18-8-10-21-15/h3,5-6,8,10-11H,2,4,7,9H2,1H3,(H3,16,17,19). The van der Waals surface area contributed by atoms with Crippen LogP contribution in [0.4, 0.5) is 5.69 Å². The van der Waals surface area contributed by atoms with Crippen LogP contribution in [0.3, 0.4) is 0 Å². The van der Waals surface area contributed by atoms with Crippen molar-refractivity contribution in [1.82, 2.24) is 4.98 Å². The largest absolute Gasteiger partial charge is 0.370 e. The van der Waals surface area contributed by atoms with Crippen molar-refractivity contribution in [2.45, 2.75) is 24.1 Å². The van der Waals surface area contributed by atoms with E-state index < -0.39 is 0 Å². The third-order valence-electron chi connectivity index (χ3n) is 2.83. The summed E-state index contributed by atoms with van der Waals surface area (Å²) in [5.74, 6) is 1.48. The number of hydrogen-bond donors (Lipinski definition) is 2. The van der Waals surface area contributed by atoms with Crippen molar-refractivity contribution in [3.05, 3.63) is 41.4 Å². The number of thiazole rings is 1. The van der Waals surface area contributed by atoms with Gasteiger partial charge in [0.05, 0.1) is 0 Å². The van der Waals surface area contributed by atoms with Gasteiger partial charge in [0.2, 0.25) is 0 Å². The van der Waals surface area contributed by atoms with Crippen LogP contribution in [0.2, 0.25) is 0 Å². The molecule has 2 rings (SSSR count). The Hall–Kier alpha value is -1.53. The Morgan fingerprint density at radius 3 is 3.14 bits per heavy atom. The van der Waals surface area contributed by atoms with Gasteiger partial charge in [-0.3, -0.25) is 4.99 Å². The highest BCUT2D eigenvalue weighted by Crippen LogP contribution is 2.20. The predicted molar refractivity (Wildman–Crippen MR) is 93.4 cm³/mol. The lowest BCUT2D eigenvalue weighted by atomic mass is 10.1. The van der Waals surface area contributed by atoms with Gasteiger partial charge in [0.1, 0.15) is 4.34 Å². The molecule has 1 aromatic heterocycles. The minimum Gasteiger partial charge on any atom is -0.370 e. The summed E-state index contributed by atoms with van der Waals surface area (Å²) in [6.45, 7) is 2.86. The van der Waals surface area contributed by atoms with Crippen molar-refractivity contribution >= 4 is 34.7 Å². The first-order chi connectivity index (χ1) is 10.3. The molecule has 1 aromatic carbocycles. The number of anilines is 1. The minimum atomic E-state index is 0.475. The van der Waals surface area contributed by atoms with Crippen LogP contribution in [0.5, 0.6) is 0 Å². The maximum Gasteiger partial charge on any atom is 0.193 e. The minimum absolute atomic E-state index is 0.475. The van der Waals surface area contributed by atoms with Gasteiger partial charge in [0.25, 0.3) is 0 Å². The zero-order valence-corrected chi connectivity index (χ0v) is 13.7. The van der Waals surface area contributed by atoms with Crippen LogP contribution in [0, 0.1) is 0 Å². The number of benzene rings is 1. The second-order valence-electron chi connectivity index (χ2n) is 4.45. The van der Waals surface area contributed by atoms with Crippen molar-refractivity contribution in [2.75, 3.05) is 17.6 Å². The summed E-state index contributed by atoms with van der Waals surface area (Å²) >= 11 is 3.44. The molecule has 0 saturated heterocycles. The van der Waals surface area contributed by atoms with Crippen LogP contribution in [0.1, 0.15) is 18.9 Å². The molecule has 2 aromatic rings. The van der Waals surface area contributed by atoms with Crippen molar-refractivity contribution in [1.29, 1.82) is 0 Å². The van der Waals surface area contributed by atoms with E-state index in [1.807, 2.05) is 23.7 Å². The Kier molecular flexibility index (Phi) is 6.56. The second-order valence-corrected chi connectivity index (χ2v) is 6.68. The monoisotopic (exact) mass is 320 g/mol. The molecule has 0 bridgehead atoms. The zero-order chi connectivity index (χ0) is 14.9. The van der Waals surface area contributed by atoms with Gasteiger partial charge in [0.15, 0.2) is 5.96 Å². The first kappa shape index (κ1) is 15.9. The van der Waals surface area contributed by atoms with E-state index >= 15 is 0 Å². The highest BCUT2D eigenvalue weighted by molar-refractivity contribution is 8.00. The van der Waals surface area contributed by atoms with E-state index in [2.05, 4.69) is 34.3 Å². The van der Waals surface area contributed by atoms with Gasteiger partial charge in [-0.15, -0.1) is 11.3 Å². The van der Waals surface area contributed by atoms with Crippen molar-refractivity contribution in [2.24, 2.45) is 10.7 Å². The lowest BCUT2D eigenvalue weighted by Gasteiger charge is -2.07. The molecule has 0 aliphatic rings. The average Bonchev–Trinajstić information content (AvgIpc) is 3.00. The molecular weight excluding hydrogens is 300 g/mol. The molecule has 6 heteroatoms. The number of hydrogen-bond acceptors (Lipinski definition) is 4. The van der Waals surface area contributed by atoms with Crippen LogP contribution in [-0.4, -0.2) is 23.2 Å². The van der Waals surface area contributed by atoms with Crippen LogP contribution < -0.4 is 11.1 Å². The molecule has 0 unspecified atom stereocenters. The summed E-state index contributed by atoms with van der Waals surface area (Å²) in [6, 6.07) is 8.23. The maximum atomic E-state index is 5.90. The summed E-state index contributed by atoms with van der Waals surface area (Å²) in [5.41, 5.74) is 8.17. The molecule has 3 N–H and O–H groups in total. The van der Waals surface area contributed by atoms with Gasteiger partial charge in [0, 0.05) is 29.6 Å². The first-order valence-electron chi connectivity index (χ1n) is 6.96. The Balaban J connectivity index is 1.70.